The number of carbonyl (C=O) groups is 2. The maximum atomic E-state index is 12.4. The first-order chi connectivity index (χ1) is 17.1. The number of fused-ring (bicyclic) bond motifs is 7. The Hall–Kier alpha value is -1.14. The average molecular weight is 504 g/mol. The zero-order chi connectivity index (χ0) is 25.8. The zero-order valence-electron chi connectivity index (χ0n) is 23.1. The number of carbonyl (C=O) groups excluding carboxylic acids is 2. The number of hydrogen-bond donors (Lipinski definition) is 2. The number of amides is 1. The molecule has 1 aliphatic heterocycles. The van der Waals surface area contributed by atoms with Crippen molar-refractivity contribution >= 4 is 11.9 Å². The predicted octanol–water partition coefficient (Wildman–Crippen LogP) is 4.73. The van der Waals surface area contributed by atoms with Crippen LogP contribution >= 0.6 is 0 Å². The molecule has 2 N–H and O–H groups in total. The Morgan fingerprint density at radius 2 is 1.83 bits per heavy atom. The molecule has 5 aliphatic rings. The first kappa shape index (κ1) is 26.5. The van der Waals surface area contributed by atoms with Gasteiger partial charge in [-0.2, -0.15) is 0 Å². The summed E-state index contributed by atoms with van der Waals surface area (Å²) in [4.78, 5) is 23.7. The van der Waals surface area contributed by atoms with Gasteiger partial charge in [-0.3, -0.25) is 9.59 Å². The largest absolute Gasteiger partial charge is 0.468 e. The van der Waals surface area contributed by atoms with Gasteiger partial charge in [-0.1, -0.05) is 27.7 Å². The predicted molar refractivity (Wildman–Crippen MR) is 138 cm³/mol. The number of rotatable bonds is 6. The number of aliphatic hydroxyl groups is 1. The minimum Gasteiger partial charge on any atom is -0.468 e. The standard InChI is InChI=1S/C30H49NO5/c1-17(28(34)31-16-26(33)35-5)6-9-24-18(2)27-25(36-24)15-23-21-8-7-19-14-20(32)10-12-29(19,3)22(21)11-13-30(23,27)4/h17-25,27,32H,6-16H2,1-5H3,(H,31,34)/t17-,18+,19+,20-,21+,22-,23-,24+,25-,27-,29-,30-/m0/s1. The fourth-order valence-corrected chi connectivity index (χ4v) is 10.2. The summed E-state index contributed by atoms with van der Waals surface area (Å²) in [5.41, 5.74) is 0.779. The van der Waals surface area contributed by atoms with Gasteiger partial charge in [0.1, 0.15) is 6.54 Å². The molecule has 4 saturated carbocycles. The molecular weight excluding hydrogens is 454 g/mol. The Kier molecular flexibility index (Phi) is 7.26. The van der Waals surface area contributed by atoms with Crippen molar-refractivity contribution in [3.63, 3.8) is 0 Å². The molecule has 0 aromatic rings. The highest BCUT2D eigenvalue weighted by atomic mass is 16.5. The van der Waals surface area contributed by atoms with E-state index in [0.29, 0.717) is 34.7 Å². The van der Waals surface area contributed by atoms with E-state index in [1.165, 1.54) is 45.6 Å². The van der Waals surface area contributed by atoms with Crippen LogP contribution in [0, 0.1) is 52.3 Å². The summed E-state index contributed by atoms with van der Waals surface area (Å²) in [6.07, 6.45) is 11.9. The quantitative estimate of drug-likeness (QED) is 0.512. The number of nitrogens with one attached hydrogen (secondary N) is 1. The molecule has 0 aromatic carbocycles. The van der Waals surface area contributed by atoms with Crippen molar-refractivity contribution in [1.29, 1.82) is 0 Å². The van der Waals surface area contributed by atoms with E-state index in [4.69, 9.17) is 4.74 Å². The first-order valence-corrected chi connectivity index (χ1v) is 14.8. The third-order valence-corrected chi connectivity index (χ3v) is 12.2. The highest BCUT2D eigenvalue weighted by Gasteiger charge is 2.65. The van der Waals surface area contributed by atoms with Gasteiger partial charge in [-0.25, -0.2) is 0 Å². The molecule has 6 heteroatoms. The molecule has 6 nitrogen and oxygen atoms in total. The SMILES string of the molecule is COC(=O)CNC(=O)[C@@H](C)CC[C@H]1O[C@H]2C[C@H]3[C@@H]4CC[C@@H]5C[C@@H](O)CC[C@]5(C)[C@H]4CC[C@]3(C)[C@H]2[C@@H]1C. The maximum absolute atomic E-state index is 12.4. The highest BCUT2D eigenvalue weighted by Crippen LogP contribution is 2.70. The average Bonchev–Trinajstić information content (AvgIpc) is 3.34. The van der Waals surface area contributed by atoms with Crippen LogP contribution in [0.3, 0.4) is 0 Å². The number of ether oxygens (including phenoxy) is 2. The molecule has 0 unspecified atom stereocenters. The summed E-state index contributed by atoms with van der Waals surface area (Å²) in [7, 11) is 1.33. The van der Waals surface area contributed by atoms with E-state index < -0.39 is 5.97 Å². The summed E-state index contributed by atoms with van der Waals surface area (Å²) in [5.74, 6) is 3.60. The fraction of sp³-hybridized carbons (Fsp3) is 0.933. The van der Waals surface area contributed by atoms with Crippen LogP contribution in [0.15, 0.2) is 0 Å². The maximum Gasteiger partial charge on any atom is 0.325 e. The van der Waals surface area contributed by atoms with Gasteiger partial charge in [0.05, 0.1) is 25.4 Å². The van der Waals surface area contributed by atoms with Crippen molar-refractivity contribution in [2.75, 3.05) is 13.7 Å². The normalized spacial score (nSPS) is 48.2. The summed E-state index contributed by atoms with van der Waals surface area (Å²) in [6, 6.07) is 0. The Morgan fingerprint density at radius 1 is 1.08 bits per heavy atom. The van der Waals surface area contributed by atoms with Crippen LogP contribution in [-0.2, 0) is 19.1 Å². The van der Waals surface area contributed by atoms with Crippen LogP contribution in [0.2, 0.25) is 0 Å². The topological polar surface area (TPSA) is 84.9 Å². The Balaban J connectivity index is 1.20. The lowest BCUT2D eigenvalue weighted by molar-refractivity contribution is -0.141. The van der Waals surface area contributed by atoms with Gasteiger partial charge in [0.15, 0.2) is 0 Å². The van der Waals surface area contributed by atoms with Crippen LogP contribution in [0.1, 0.15) is 91.9 Å². The van der Waals surface area contributed by atoms with Gasteiger partial charge in [0.25, 0.3) is 0 Å². The van der Waals surface area contributed by atoms with Crippen LogP contribution in [-0.4, -0.2) is 48.9 Å². The molecule has 204 valence electrons. The van der Waals surface area contributed by atoms with Crippen LogP contribution in [0.5, 0.6) is 0 Å². The molecule has 0 radical (unpaired) electrons. The van der Waals surface area contributed by atoms with E-state index in [1.807, 2.05) is 6.92 Å². The van der Waals surface area contributed by atoms with Crippen molar-refractivity contribution in [3.05, 3.63) is 0 Å². The lowest BCUT2D eigenvalue weighted by Gasteiger charge is -2.61. The van der Waals surface area contributed by atoms with E-state index >= 15 is 0 Å². The molecule has 5 fully saturated rings. The van der Waals surface area contributed by atoms with Crippen molar-refractivity contribution in [1.82, 2.24) is 5.32 Å². The number of hydrogen-bond acceptors (Lipinski definition) is 5. The van der Waals surface area contributed by atoms with Crippen molar-refractivity contribution in [3.8, 4) is 0 Å². The van der Waals surface area contributed by atoms with Crippen molar-refractivity contribution in [2.45, 2.75) is 110 Å². The smallest absolute Gasteiger partial charge is 0.325 e. The summed E-state index contributed by atoms with van der Waals surface area (Å²) >= 11 is 0. The van der Waals surface area contributed by atoms with E-state index in [0.717, 1.165) is 43.4 Å². The summed E-state index contributed by atoms with van der Waals surface area (Å²) in [6.45, 7) is 9.42. The van der Waals surface area contributed by atoms with Crippen LogP contribution < -0.4 is 5.32 Å². The monoisotopic (exact) mass is 503 g/mol. The van der Waals surface area contributed by atoms with Gasteiger partial charge in [-0.15, -0.1) is 0 Å². The molecule has 0 aromatic heterocycles. The molecule has 5 rings (SSSR count). The third kappa shape index (κ3) is 4.32. The highest BCUT2D eigenvalue weighted by molar-refractivity contribution is 5.83. The number of aliphatic hydroxyl groups excluding tert-OH is 1. The molecule has 1 amide bonds. The van der Waals surface area contributed by atoms with E-state index in [-0.39, 0.29) is 30.6 Å². The Labute approximate surface area is 217 Å². The number of esters is 1. The summed E-state index contributed by atoms with van der Waals surface area (Å²) in [5, 5.41) is 13.0. The zero-order valence-corrected chi connectivity index (χ0v) is 23.1. The Morgan fingerprint density at radius 3 is 2.58 bits per heavy atom. The molecule has 12 atom stereocenters. The third-order valence-electron chi connectivity index (χ3n) is 12.2. The lowest BCUT2D eigenvalue weighted by Crippen LogP contribution is -2.54. The van der Waals surface area contributed by atoms with Crippen LogP contribution in [0.25, 0.3) is 0 Å². The van der Waals surface area contributed by atoms with Gasteiger partial charge in [0.2, 0.25) is 5.91 Å². The molecule has 36 heavy (non-hydrogen) atoms. The van der Waals surface area contributed by atoms with E-state index in [2.05, 4.69) is 30.8 Å². The molecule has 0 bridgehead atoms. The Bertz CT molecular complexity index is 847. The van der Waals surface area contributed by atoms with E-state index in [1.54, 1.807) is 0 Å². The first-order valence-electron chi connectivity index (χ1n) is 14.8. The molecular formula is C30H49NO5. The molecule has 4 aliphatic carbocycles. The minimum atomic E-state index is -0.419. The van der Waals surface area contributed by atoms with Crippen LogP contribution in [0.4, 0.5) is 0 Å². The second-order valence-corrected chi connectivity index (χ2v) is 13.7. The number of methoxy groups -OCH3 is 1. The van der Waals surface area contributed by atoms with Gasteiger partial charge >= 0.3 is 5.97 Å². The molecule has 0 spiro atoms. The second-order valence-electron chi connectivity index (χ2n) is 13.7. The van der Waals surface area contributed by atoms with Gasteiger partial charge < -0.3 is 19.9 Å². The van der Waals surface area contributed by atoms with Crippen molar-refractivity contribution in [2.24, 2.45) is 52.3 Å². The molecule has 1 saturated heterocycles. The van der Waals surface area contributed by atoms with Crippen molar-refractivity contribution < 1.29 is 24.2 Å². The van der Waals surface area contributed by atoms with E-state index in [9.17, 15) is 14.7 Å². The second kappa shape index (κ2) is 9.87. The minimum absolute atomic E-state index is 0.0670. The lowest BCUT2D eigenvalue weighted by atomic mass is 9.44. The van der Waals surface area contributed by atoms with Gasteiger partial charge in [-0.05, 0) is 111 Å². The summed E-state index contributed by atoms with van der Waals surface area (Å²) < 4.78 is 11.4. The molecule has 1 heterocycles. The fourth-order valence-electron chi connectivity index (χ4n) is 10.2. The van der Waals surface area contributed by atoms with Gasteiger partial charge in [0, 0.05) is 5.92 Å².